The van der Waals surface area contributed by atoms with Gasteiger partial charge in [-0.15, -0.1) is 0 Å². The van der Waals surface area contributed by atoms with E-state index >= 15 is 0 Å². The van der Waals surface area contributed by atoms with Gasteiger partial charge in [-0.2, -0.15) is 0 Å². The van der Waals surface area contributed by atoms with Crippen LogP contribution in [0.15, 0.2) is 0 Å². The van der Waals surface area contributed by atoms with Gasteiger partial charge < -0.3 is 15.3 Å². The summed E-state index contributed by atoms with van der Waals surface area (Å²) in [7, 11) is 0. The van der Waals surface area contributed by atoms with Gasteiger partial charge in [0.2, 0.25) is 0 Å². The molecule has 0 fully saturated rings. The van der Waals surface area contributed by atoms with Crippen molar-refractivity contribution in [1.29, 1.82) is 0 Å². The highest BCUT2D eigenvalue weighted by Crippen LogP contribution is 2.14. The number of aliphatic hydroxyl groups is 2. The van der Waals surface area contributed by atoms with Crippen molar-refractivity contribution >= 4 is 5.97 Å². The number of hydrogen-bond acceptors (Lipinski definition) is 3. The number of unbranched alkanes of at least 4 members (excludes halogenated alkanes) is 18. The van der Waals surface area contributed by atoms with Gasteiger partial charge in [-0.25, -0.2) is 0 Å². The molecule has 0 aliphatic carbocycles. The molecule has 0 aliphatic rings. The quantitative estimate of drug-likeness (QED) is 0.148. The summed E-state index contributed by atoms with van der Waals surface area (Å²) < 4.78 is 0. The van der Waals surface area contributed by atoms with Crippen molar-refractivity contribution in [1.82, 2.24) is 0 Å². The van der Waals surface area contributed by atoms with Crippen LogP contribution in [0, 0.1) is 5.41 Å². The average molecular weight is 445 g/mol. The lowest BCUT2D eigenvalue weighted by Gasteiger charge is -2.16. The predicted octanol–water partition coefficient (Wildman–Crippen LogP) is 7.89. The summed E-state index contributed by atoms with van der Waals surface area (Å²) in [5.74, 6) is -0.651. The first kappa shape index (κ1) is 32.6. The maximum absolute atomic E-state index is 10.4. The minimum Gasteiger partial charge on any atom is -0.481 e. The van der Waals surface area contributed by atoms with Crippen LogP contribution in [0.1, 0.15) is 149 Å². The molecule has 4 heteroatoms. The Morgan fingerprint density at radius 2 is 0.806 bits per heavy atom. The number of rotatable bonds is 22. The molecular formula is C27H56O4. The SMILES string of the molecule is CC(C)(CO)CO.CCCCCCCCCCCCCCCCCCCCCC(=O)O. The van der Waals surface area contributed by atoms with Gasteiger partial charge in [-0.1, -0.05) is 136 Å². The van der Waals surface area contributed by atoms with E-state index in [0.717, 1.165) is 12.8 Å². The zero-order valence-corrected chi connectivity index (χ0v) is 21.3. The van der Waals surface area contributed by atoms with Gasteiger partial charge in [0.05, 0.1) is 13.2 Å². The Bertz CT molecular complexity index is 349. The molecule has 0 spiro atoms. The molecule has 0 aromatic heterocycles. The van der Waals surface area contributed by atoms with Gasteiger partial charge in [0.1, 0.15) is 0 Å². The molecule has 0 bridgehead atoms. The Morgan fingerprint density at radius 1 is 0.548 bits per heavy atom. The number of carboxylic acids is 1. The fraction of sp³-hybridized carbons (Fsp3) is 0.963. The third kappa shape index (κ3) is 31.7. The standard InChI is InChI=1S/C22H44O2.C5H12O2/c1-2-3-4-5-6-7-8-9-10-11-12-13-14-15-16-17-18-19-20-21-22(23)24;1-5(2,3-6)4-7/h2-21H2,1H3,(H,23,24);6-7H,3-4H2,1-2H3. The highest BCUT2D eigenvalue weighted by Gasteiger charge is 2.13. The first-order valence-corrected chi connectivity index (χ1v) is 13.3. The molecule has 0 amide bonds. The van der Waals surface area contributed by atoms with Crippen molar-refractivity contribution in [2.45, 2.75) is 149 Å². The third-order valence-electron chi connectivity index (χ3n) is 5.85. The molecule has 0 aliphatic heterocycles. The Labute approximate surface area is 194 Å². The van der Waals surface area contributed by atoms with Crippen LogP contribution in [0.2, 0.25) is 0 Å². The van der Waals surface area contributed by atoms with Crippen LogP contribution in [0.3, 0.4) is 0 Å². The highest BCUT2D eigenvalue weighted by molar-refractivity contribution is 5.66. The maximum Gasteiger partial charge on any atom is 0.303 e. The second kappa shape index (κ2) is 25.6. The molecule has 0 unspecified atom stereocenters. The Kier molecular flexibility index (Phi) is 26.9. The molecule has 0 saturated heterocycles. The fourth-order valence-corrected chi connectivity index (χ4v) is 3.40. The van der Waals surface area contributed by atoms with Crippen LogP contribution in [0.25, 0.3) is 0 Å². The van der Waals surface area contributed by atoms with Crippen molar-refractivity contribution < 1.29 is 20.1 Å². The molecule has 0 aromatic rings. The van der Waals surface area contributed by atoms with Crippen LogP contribution < -0.4 is 0 Å². The smallest absolute Gasteiger partial charge is 0.303 e. The van der Waals surface area contributed by atoms with E-state index in [1.165, 1.54) is 109 Å². The largest absolute Gasteiger partial charge is 0.481 e. The van der Waals surface area contributed by atoms with Crippen molar-refractivity contribution in [2.24, 2.45) is 5.41 Å². The Balaban J connectivity index is 0. The van der Waals surface area contributed by atoms with Gasteiger partial charge in [0, 0.05) is 11.8 Å². The van der Waals surface area contributed by atoms with E-state index in [1.807, 2.05) is 0 Å². The Morgan fingerprint density at radius 3 is 1.00 bits per heavy atom. The zero-order valence-electron chi connectivity index (χ0n) is 21.3. The summed E-state index contributed by atoms with van der Waals surface area (Å²) >= 11 is 0. The lowest BCUT2D eigenvalue weighted by molar-refractivity contribution is -0.137. The number of aliphatic carboxylic acids is 1. The highest BCUT2D eigenvalue weighted by atomic mass is 16.4. The number of aliphatic hydroxyl groups excluding tert-OH is 2. The molecule has 4 nitrogen and oxygen atoms in total. The van der Waals surface area contributed by atoms with E-state index in [-0.39, 0.29) is 18.6 Å². The molecule has 0 radical (unpaired) electrons. The van der Waals surface area contributed by atoms with E-state index in [0.29, 0.717) is 6.42 Å². The minimum absolute atomic E-state index is 0.0451. The van der Waals surface area contributed by atoms with Crippen LogP contribution >= 0.6 is 0 Å². The lowest BCUT2D eigenvalue weighted by atomic mass is 9.97. The molecule has 31 heavy (non-hydrogen) atoms. The Hall–Kier alpha value is -0.610. The zero-order chi connectivity index (χ0) is 23.6. The topological polar surface area (TPSA) is 77.8 Å². The number of carboxylic acid groups (broad SMARTS) is 1. The van der Waals surface area contributed by atoms with Gasteiger partial charge in [0.15, 0.2) is 0 Å². The fourth-order valence-electron chi connectivity index (χ4n) is 3.40. The normalized spacial score (nSPS) is 11.3. The summed E-state index contributed by atoms with van der Waals surface area (Å²) in [6.45, 7) is 5.97. The minimum atomic E-state index is -0.651. The van der Waals surface area contributed by atoms with Crippen molar-refractivity contribution in [3.8, 4) is 0 Å². The van der Waals surface area contributed by atoms with E-state index in [9.17, 15) is 4.79 Å². The van der Waals surface area contributed by atoms with E-state index < -0.39 is 5.97 Å². The molecular weight excluding hydrogens is 388 g/mol. The van der Waals surface area contributed by atoms with Gasteiger partial charge >= 0.3 is 5.97 Å². The summed E-state index contributed by atoms with van der Waals surface area (Å²) in [6, 6.07) is 0. The maximum atomic E-state index is 10.4. The monoisotopic (exact) mass is 444 g/mol. The molecule has 3 N–H and O–H groups in total. The summed E-state index contributed by atoms with van der Waals surface area (Å²) in [6.07, 6.45) is 26.1. The van der Waals surface area contributed by atoms with Crippen LogP contribution in [-0.4, -0.2) is 34.5 Å². The first-order valence-electron chi connectivity index (χ1n) is 13.3. The van der Waals surface area contributed by atoms with Gasteiger partial charge in [-0.05, 0) is 6.42 Å². The summed E-state index contributed by atoms with van der Waals surface area (Å²) in [4.78, 5) is 10.4. The average Bonchev–Trinajstić information content (AvgIpc) is 2.75. The van der Waals surface area contributed by atoms with Gasteiger partial charge in [0.25, 0.3) is 0 Å². The van der Waals surface area contributed by atoms with Crippen molar-refractivity contribution in [3.63, 3.8) is 0 Å². The van der Waals surface area contributed by atoms with Crippen molar-refractivity contribution in [2.75, 3.05) is 13.2 Å². The molecule has 188 valence electrons. The molecule has 0 saturated carbocycles. The van der Waals surface area contributed by atoms with Crippen LogP contribution in [0.4, 0.5) is 0 Å². The second-order valence-electron chi connectivity index (χ2n) is 9.99. The molecule has 0 atom stereocenters. The van der Waals surface area contributed by atoms with E-state index in [2.05, 4.69) is 6.92 Å². The predicted molar refractivity (Wildman–Crippen MR) is 134 cm³/mol. The van der Waals surface area contributed by atoms with Gasteiger partial charge in [-0.3, -0.25) is 4.79 Å². The van der Waals surface area contributed by atoms with Crippen LogP contribution in [0.5, 0.6) is 0 Å². The molecule has 0 aromatic carbocycles. The summed E-state index contributed by atoms with van der Waals surface area (Å²) in [5.41, 5.74) is -0.306. The van der Waals surface area contributed by atoms with Crippen LogP contribution in [-0.2, 0) is 4.79 Å². The third-order valence-corrected chi connectivity index (χ3v) is 5.85. The van der Waals surface area contributed by atoms with E-state index in [1.54, 1.807) is 13.8 Å². The number of hydrogen-bond donors (Lipinski definition) is 3. The second-order valence-corrected chi connectivity index (χ2v) is 9.99. The van der Waals surface area contributed by atoms with E-state index in [4.69, 9.17) is 15.3 Å². The lowest BCUT2D eigenvalue weighted by Crippen LogP contribution is -2.20. The summed E-state index contributed by atoms with van der Waals surface area (Å²) in [5, 5.41) is 25.4. The number of carbonyl (C=O) groups is 1. The molecule has 0 heterocycles. The molecule has 0 rings (SSSR count). The first-order chi connectivity index (χ1) is 14.9. The van der Waals surface area contributed by atoms with Crippen molar-refractivity contribution in [3.05, 3.63) is 0 Å².